The van der Waals surface area contributed by atoms with Crippen molar-refractivity contribution in [2.45, 2.75) is 23.8 Å². The molecule has 0 heterocycles. The van der Waals surface area contributed by atoms with E-state index in [-0.39, 0.29) is 11.3 Å². The lowest BCUT2D eigenvalue weighted by atomic mass is 9.89. The van der Waals surface area contributed by atoms with Crippen LogP contribution in [0.25, 0.3) is 0 Å². The second kappa shape index (κ2) is 6.66. The Balaban J connectivity index is 2.49. The van der Waals surface area contributed by atoms with Crippen molar-refractivity contribution in [1.29, 1.82) is 5.26 Å². The average molecular weight is 324 g/mol. The van der Waals surface area contributed by atoms with Gasteiger partial charge in [0.2, 0.25) is 10.0 Å². The lowest BCUT2D eigenvalue weighted by molar-refractivity contribution is 0.500. The summed E-state index contributed by atoms with van der Waals surface area (Å²) >= 11 is 0. The molecule has 0 radical (unpaired) electrons. The number of sulfonamides is 1. The van der Waals surface area contributed by atoms with Crippen molar-refractivity contribution >= 4 is 10.0 Å². The fourth-order valence-corrected chi connectivity index (χ4v) is 3.51. The maximum absolute atomic E-state index is 12.6. The summed E-state index contributed by atoms with van der Waals surface area (Å²) in [5, 5.41) is 9.64. The summed E-state index contributed by atoms with van der Waals surface area (Å²) in [4.78, 5) is 0.0932. The molecular formula is C18H16N2O2S. The van der Waals surface area contributed by atoms with Crippen molar-refractivity contribution in [3.05, 3.63) is 65.7 Å². The molecule has 0 aromatic heterocycles. The van der Waals surface area contributed by atoms with Crippen LogP contribution in [0, 0.1) is 30.6 Å². The van der Waals surface area contributed by atoms with Crippen molar-refractivity contribution in [3.63, 3.8) is 0 Å². The van der Waals surface area contributed by atoms with Gasteiger partial charge in [-0.1, -0.05) is 48.0 Å². The molecule has 1 N–H and O–H groups in total. The molecule has 2 aromatic carbocycles. The number of nitriles is 1. The third-order valence-corrected chi connectivity index (χ3v) is 4.97. The highest BCUT2D eigenvalue weighted by molar-refractivity contribution is 7.89. The molecule has 1 unspecified atom stereocenters. The number of nitrogens with one attached hydrogen (secondary N) is 1. The van der Waals surface area contributed by atoms with E-state index in [1.54, 1.807) is 42.5 Å². The van der Waals surface area contributed by atoms with Crippen molar-refractivity contribution in [2.24, 2.45) is 0 Å². The van der Waals surface area contributed by atoms with E-state index in [0.717, 1.165) is 5.56 Å². The van der Waals surface area contributed by atoms with Crippen LogP contribution in [-0.4, -0.2) is 8.42 Å². The smallest absolute Gasteiger partial charge is 0.207 e. The highest BCUT2D eigenvalue weighted by Crippen LogP contribution is 2.27. The van der Waals surface area contributed by atoms with E-state index in [1.165, 1.54) is 12.1 Å². The molecule has 0 saturated carbocycles. The van der Waals surface area contributed by atoms with E-state index in [0.29, 0.717) is 5.56 Å². The van der Waals surface area contributed by atoms with Gasteiger partial charge in [0.1, 0.15) is 0 Å². The Morgan fingerprint density at radius 1 is 1.13 bits per heavy atom. The number of benzene rings is 2. The molecule has 0 aliphatic heterocycles. The summed E-state index contributed by atoms with van der Waals surface area (Å²) in [5.41, 5.74) is -0.0435. The summed E-state index contributed by atoms with van der Waals surface area (Å²) in [5.74, 6) is 2.39. The van der Waals surface area contributed by atoms with Crippen molar-refractivity contribution in [1.82, 2.24) is 4.72 Å². The number of aryl methyl sites for hydroxylation is 1. The van der Waals surface area contributed by atoms with Gasteiger partial charge < -0.3 is 0 Å². The summed E-state index contributed by atoms with van der Waals surface area (Å²) in [6.45, 7) is 1.87. The third kappa shape index (κ3) is 3.60. The quantitative estimate of drug-likeness (QED) is 0.860. The molecule has 2 rings (SSSR count). The topological polar surface area (TPSA) is 70.0 Å². The predicted molar refractivity (Wildman–Crippen MR) is 88.7 cm³/mol. The van der Waals surface area contributed by atoms with Gasteiger partial charge in [0.15, 0.2) is 5.54 Å². The number of terminal acetylenes is 1. The SMILES string of the molecule is C#CCC(C#N)(NS(=O)(=O)c1ccc(C)cc1)c1ccccc1. The average Bonchev–Trinajstić information content (AvgIpc) is 2.55. The second-order valence-corrected chi connectivity index (χ2v) is 6.87. The predicted octanol–water partition coefficient (Wildman–Crippen LogP) is 2.72. The van der Waals surface area contributed by atoms with Gasteiger partial charge in [-0.3, -0.25) is 0 Å². The van der Waals surface area contributed by atoms with Crippen molar-refractivity contribution in [3.8, 4) is 18.4 Å². The Kier molecular flexibility index (Phi) is 4.86. The van der Waals surface area contributed by atoms with E-state index >= 15 is 0 Å². The lowest BCUT2D eigenvalue weighted by Crippen LogP contribution is -2.44. The molecule has 2 aromatic rings. The molecule has 4 nitrogen and oxygen atoms in total. The molecule has 0 amide bonds. The largest absolute Gasteiger partial charge is 0.242 e. The zero-order valence-corrected chi connectivity index (χ0v) is 13.5. The Morgan fingerprint density at radius 3 is 2.26 bits per heavy atom. The molecule has 1 atom stereocenters. The van der Waals surface area contributed by atoms with Crippen LogP contribution < -0.4 is 4.72 Å². The normalized spacial score (nSPS) is 13.5. The molecule has 116 valence electrons. The number of hydrogen-bond acceptors (Lipinski definition) is 3. The molecular weight excluding hydrogens is 308 g/mol. The minimum absolute atomic E-state index is 0.0708. The van der Waals surface area contributed by atoms with Gasteiger partial charge in [-0.05, 0) is 24.6 Å². The van der Waals surface area contributed by atoms with Crippen molar-refractivity contribution < 1.29 is 8.42 Å². The summed E-state index contributed by atoms with van der Waals surface area (Å²) in [7, 11) is -3.89. The zero-order chi connectivity index (χ0) is 16.9. The first-order valence-electron chi connectivity index (χ1n) is 6.94. The van der Waals surface area contributed by atoms with E-state index in [9.17, 15) is 13.7 Å². The van der Waals surface area contributed by atoms with Crippen LogP contribution in [-0.2, 0) is 15.6 Å². The van der Waals surface area contributed by atoms with Gasteiger partial charge in [-0.2, -0.15) is 9.98 Å². The van der Waals surface area contributed by atoms with E-state index in [4.69, 9.17) is 6.42 Å². The van der Waals surface area contributed by atoms with E-state index in [1.807, 2.05) is 13.0 Å². The summed E-state index contributed by atoms with van der Waals surface area (Å²) in [6, 6.07) is 17.1. The van der Waals surface area contributed by atoms with Crippen LogP contribution in [0.2, 0.25) is 0 Å². The van der Waals surface area contributed by atoms with Gasteiger partial charge in [-0.25, -0.2) is 8.42 Å². The molecule has 5 heteroatoms. The highest BCUT2D eigenvalue weighted by atomic mass is 32.2. The van der Waals surface area contributed by atoms with Gasteiger partial charge in [0.25, 0.3) is 0 Å². The number of rotatable bonds is 5. The van der Waals surface area contributed by atoms with Crippen LogP contribution in [0.15, 0.2) is 59.5 Å². The zero-order valence-electron chi connectivity index (χ0n) is 12.7. The van der Waals surface area contributed by atoms with Crippen molar-refractivity contribution in [2.75, 3.05) is 0 Å². The monoisotopic (exact) mass is 324 g/mol. The molecule has 0 saturated heterocycles. The third-order valence-electron chi connectivity index (χ3n) is 3.46. The fourth-order valence-electron chi connectivity index (χ4n) is 2.21. The number of hydrogen-bond donors (Lipinski definition) is 1. The van der Waals surface area contributed by atoms with Crippen LogP contribution in [0.5, 0.6) is 0 Å². The van der Waals surface area contributed by atoms with Crippen LogP contribution in [0.1, 0.15) is 17.5 Å². The second-order valence-electron chi connectivity index (χ2n) is 5.18. The Labute approximate surface area is 136 Å². The minimum Gasteiger partial charge on any atom is -0.207 e. The Hall–Kier alpha value is -2.60. The highest BCUT2D eigenvalue weighted by Gasteiger charge is 2.36. The standard InChI is InChI=1S/C18H16N2O2S/c1-3-13-18(14-19,16-7-5-4-6-8-16)20-23(21,22)17-11-9-15(2)10-12-17/h1,4-12,20H,13H2,2H3. The Morgan fingerprint density at radius 2 is 1.74 bits per heavy atom. The number of nitrogens with zero attached hydrogens (tertiary/aromatic N) is 1. The summed E-state index contributed by atoms with van der Waals surface area (Å²) < 4.78 is 27.7. The molecule has 0 fully saturated rings. The summed E-state index contributed by atoms with van der Waals surface area (Å²) in [6.07, 6.45) is 5.30. The maximum Gasteiger partial charge on any atom is 0.242 e. The molecule has 0 aliphatic rings. The fraction of sp³-hybridized carbons (Fsp3) is 0.167. The Bertz CT molecular complexity index is 860. The van der Waals surface area contributed by atoms with Gasteiger partial charge in [0, 0.05) is 6.42 Å². The van der Waals surface area contributed by atoms with Gasteiger partial charge in [-0.15, -0.1) is 12.3 Å². The molecule has 0 bridgehead atoms. The first-order chi connectivity index (χ1) is 10.9. The van der Waals surface area contributed by atoms with E-state index in [2.05, 4.69) is 10.6 Å². The molecule has 0 aliphatic carbocycles. The first kappa shape index (κ1) is 16.8. The maximum atomic E-state index is 12.6. The lowest BCUT2D eigenvalue weighted by Gasteiger charge is -2.26. The molecule has 0 spiro atoms. The van der Waals surface area contributed by atoms with Gasteiger partial charge in [0.05, 0.1) is 11.0 Å². The first-order valence-corrected chi connectivity index (χ1v) is 8.43. The van der Waals surface area contributed by atoms with Gasteiger partial charge >= 0.3 is 0 Å². The van der Waals surface area contributed by atoms with Crippen LogP contribution >= 0.6 is 0 Å². The van der Waals surface area contributed by atoms with Crippen LogP contribution in [0.4, 0.5) is 0 Å². The van der Waals surface area contributed by atoms with E-state index < -0.39 is 15.6 Å². The minimum atomic E-state index is -3.89. The molecule has 23 heavy (non-hydrogen) atoms. The van der Waals surface area contributed by atoms with Crippen LogP contribution in [0.3, 0.4) is 0 Å².